The molecule has 0 saturated carbocycles. The van der Waals surface area contributed by atoms with Gasteiger partial charge in [0.25, 0.3) is 0 Å². The molecule has 2 atom stereocenters. The van der Waals surface area contributed by atoms with Crippen LogP contribution in [0.3, 0.4) is 0 Å². The molecular formula is C22H26N2O5S. The van der Waals surface area contributed by atoms with E-state index in [4.69, 9.17) is 10.8 Å². The van der Waals surface area contributed by atoms with Crippen molar-refractivity contribution in [2.45, 2.75) is 31.8 Å². The maximum Gasteiger partial charge on any atom is 0.345 e. The molecule has 7 nitrogen and oxygen atoms in total. The molecule has 8 heteroatoms. The van der Waals surface area contributed by atoms with E-state index in [0.29, 0.717) is 12.1 Å². The number of carbonyl (C=O) groups is 3. The minimum atomic E-state index is -2.22. The fourth-order valence-corrected chi connectivity index (χ4v) is 3.46. The number of hydrogen-bond acceptors (Lipinski definition) is 5. The number of carboxylic acid groups (broad SMARTS) is 2. The number of thiol groups is 1. The molecular weight excluding hydrogens is 404 g/mol. The summed E-state index contributed by atoms with van der Waals surface area (Å²) in [6.45, 7) is 1.86. The van der Waals surface area contributed by atoms with E-state index in [-0.39, 0.29) is 5.75 Å². The first-order chi connectivity index (χ1) is 14.2. The largest absolute Gasteiger partial charge is 0.481 e. The third kappa shape index (κ3) is 5.61. The van der Waals surface area contributed by atoms with Crippen molar-refractivity contribution in [3.63, 3.8) is 0 Å². The van der Waals surface area contributed by atoms with Gasteiger partial charge in [0, 0.05) is 24.3 Å². The predicted molar refractivity (Wildman–Crippen MR) is 118 cm³/mol. The zero-order chi connectivity index (χ0) is 22.3. The number of nitrogens with zero attached hydrogens (tertiary/aromatic N) is 1. The summed E-state index contributed by atoms with van der Waals surface area (Å²) in [5.74, 6) is -3.67. The molecule has 0 radical (unpaired) electrons. The van der Waals surface area contributed by atoms with Gasteiger partial charge in [0.05, 0.1) is 5.92 Å². The summed E-state index contributed by atoms with van der Waals surface area (Å²) >= 11 is 4.31. The van der Waals surface area contributed by atoms with Gasteiger partial charge in [-0.2, -0.15) is 12.6 Å². The zero-order valence-corrected chi connectivity index (χ0v) is 17.6. The average Bonchev–Trinajstić information content (AvgIpc) is 2.72. The molecule has 2 aromatic rings. The van der Waals surface area contributed by atoms with Crippen molar-refractivity contribution in [1.82, 2.24) is 0 Å². The second kappa shape index (κ2) is 10.3. The van der Waals surface area contributed by atoms with Gasteiger partial charge < -0.3 is 10.2 Å². The number of hydrogen-bond donors (Lipinski definition) is 4. The third-order valence-corrected chi connectivity index (χ3v) is 5.34. The van der Waals surface area contributed by atoms with Crippen LogP contribution in [0, 0.1) is 12.8 Å². The molecule has 0 aliphatic rings. The van der Waals surface area contributed by atoms with Gasteiger partial charge in [0.1, 0.15) is 0 Å². The number of carboxylic acids is 2. The van der Waals surface area contributed by atoms with E-state index in [1.165, 1.54) is 0 Å². The Labute approximate surface area is 180 Å². The van der Waals surface area contributed by atoms with E-state index >= 15 is 0 Å². The van der Waals surface area contributed by atoms with Crippen molar-refractivity contribution in [3.05, 3.63) is 65.7 Å². The highest BCUT2D eigenvalue weighted by Gasteiger charge is 2.46. The average molecular weight is 431 g/mol. The minimum Gasteiger partial charge on any atom is -0.481 e. The van der Waals surface area contributed by atoms with E-state index < -0.39 is 42.3 Å². The fourth-order valence-electron chi connectivity index (χ4n) is 3.17. The predicted octanol–water partition coefficient (Wildman–Crippen LogP) is 2.72. The van der Waals surface area contributed by atoms with Crippen LogP contribution in [0.5, 0.6) is 0 Å². The molecule has 2 rings (SSSR count). The Kier molecular flexibility index (Phi) is 8.02. The molecule has 160 valence electrons. The SMILES string of the molecule is Cc1ccc(N(C(=O)C(CS)Cc2ccccc2)[C@](N)(CCC(=O)O)C(=O)O)cc1. The first-order valence-corrected chi connectivity index (χ1v) is 10.1. The fraction of sp³-hybridized carbons (Fsp3) is 0.318. The lowest BCUT2D eigenvalue weighted by molar-refractivity contribution is -0.146. The van der Waals surface area contributed by atoms with Crippen molar-refractivity contribution in [3.8, 4) is 0 Å². The monoisotopic (exact) mass is 430 g/mol. The Morgan fingerprint density at radius 2 is 1.67 bits per heavy atom. The topological polar surface area (TPSA) is 121 Å². The molecule has 0 spiro atoms. The van der Waals surface area contributed by atoms with Crippen LogP contribution in [-0.2, 0) is 20.8 Å². The molecule has 0 bridgehead atoms. The number of aryl methyl sites for hydroxylation is 1. The van der Waals surface area contributed by atoms with Crippen LogP contribution in [0.15, 0.2) is 54.6 Å². The van der Waals surface area contributed by atoms with Gasteiger partial charge in [-0.15, -0.1) is 0 Å². The maximum atomic E-state index is 13.5. The van der Waals surface area contributed by atoms with E-state index in [1.807, 2.05) is 37.3 Å². The molecule has 0 aromatic heterocycles. The first kappa shape index (κ1) is 23.4. The first-order valence-electron chi connectivity index (χ1n) is 9.48. The number of anilines is 1. The molecule has 1 amide bonds. The van der Waals surface area contributed by atoms with Crippen molar-refractivity contribution in [2.24, 2.45) is 11.7 Å². The Bertz CT molecular complexity index is 888. The van der Waals surface area contributed by atoms with Crippen LogP contribution < -0.4 is 10.6 Å². The van der Waals surface area contributed by atoms with Crippen molar-refractivity contribution >= 4 is 36.2 Å². The maximum absolute atomic E-state index is 13.5. The molecule has 0 aliphatic heterocycles. The molecule has 0 aliphatic carbocycles. The van der Waals surface area contributed by atoms with Crippen LogP contribution in [0.1, 0.15) is 24.0 Å². The lowest BCUT2D eigenvalue weighted by atomic mass is 9.95. The van der Waals surface area contributed by atoms with Gasteiger partial charge in [0.15, 0.2) is 5.66 Å². The summed E-state index contributed by atoms with van der Waals surface area (Å²) < 4.78 is 0. The number of benzene rings is 2. The Balaban J connectivity index is 2.50. The van der Waals surface area contributed by atoms with Gasteiger partial charge in [-0.1, -0.05) is 48.0 Å². The second-order valence-corrected chi connectivity index (χ2v) is 7.57. The van der Waals surface area contributed by atoms with Gasteiger partial charge in [-0.25, -0.2) is 4.79 Å². The van der Waals surface area contributed by atoms with Crippen molar-refractivity contribution in [1.29, 1.82) is 0 Å². The number of amides is 1. The van der Waals surface area contributed by atoms with Crippen molar-refractivity contribution in [2.75, 3.05) is 10.7 Å². The quantitative estimate of drug-likeness (QED) is 0.340. The van der Waals surface area contributed by atoms with Crippen LogP contribution in [0.2, 0.25) is 0 Å². The number of rotatable bonds is 10. The lowest BCUT2D eigenvalue weighted by Gasteiger charge is -2.39. The molecule has 30 heavy (non-hydrogen) atoms. The molecule has 4 N–H and O–H groups in total. The second-order valence-electron chi connectivity index (χ2n) is 7.20. The van der Waals surface area contributed by atoms with E-state index in [2.05, 4.69) is 12.6 Å². The zero-order valence-electron chi connectivity index (χ0n) is 16.7. The summed E-state index contributed by atoms with van der Waals surface area (Å²) in [6, 6.07) is 16.0. The highest BCUT2D eigenvalue weighted by Crippen LogP contribution is 2.29. The van der Waals surface area contributed by atoms with Crippen molar-refractivity contribution < 1.29 is 24.6 Å². The summed E-state index contributed by atoms with van der Waals surface area (Å²) in [4.78, 5) is 37.8. The van der Waals surface area contributed by atoms with Gasteiger partial charge in [-0.3, -0.25) is 20.2 Å². The van der Waals surface area contributed by atoms with E-state index in [0.717, 1.165) is 16.0 Å². The van der Waals surface area contributed by atoms with Crippen LogP contribution in [0.25, 0.3) is 0 Å². The molecule has 2 aromatic carbocycles. The normalized spacial score (nSPS) is 13.8. The molecule has 1 unspecified atom stereocenters. The van der Waals surface area contributed by atoms with Crippen LogP contribution >= 0.6 is 12.6 Å². The Morgan fingerprint density at radius 1 is 1.07 bits per heavy atom. The van der Waals surface area contributed by atoms with E-state index in [1.54, 1.807) is 24.3 Å². The van der Waals surface area contributed by atoms with E-state index in [9.17, 15) is 19.5 Å². The number of nitrogens with two attached hydrogens (primary N) is 1. The summed E-state index contributed by atoms with van der Waals surface area (Å²) in [5.41, 5.74) is 6.10. The van der Waals surface area contributed by atoms with Crippen LogP contribution in [-0.4, -0.2) is 39.5 Å². The lowest BCUT2D eigenvalue weighted by Crippen LogP contribution is -2.65. The van der Waals surface area contributed by atoms with Gasteiger partial charge in [0.2, 0.25) is 5.91 Å². The standard InChI is InChI=1S/C22H26N2O5S/c1-15-7-9-18(10-8-15)24(22(23,21(28)29)12-11-19(25)26)20(27)17(14-30)13-16-5-3-2-4-6-16/h2-10,17,30H,11-14,23H2,1H3,(H,25,26)(H,28,29)/t17?,22-/m1/s1. The smallest absolute Gasteiger partial charge is 0.345 e. The molecule has 0 fully saturated rings. The van der Waals surface area contributed by atoms with Gasteiger partial charge in [-0.05, 0) is 31.0 Å². The summed E-state index contributed by atoms with van der Waals surface area (Å²) in [5, 5.41) is 19.0. The Hall–Kier alpha value is -2.84. The molecule has 0 heterocycles. The number of aliphatic carboxylic acids is 2. The highest BCUT2D eigenvalue weighted by molar-refractivity contribution is 7.80. The number of carbonyl (C=O) groups excluding carboxylic acids is 1. The van der Waals surface area contributed by atoms with Gasteiger partial charge >= 0.3 is 11.9 Å². The third-order valence-electron chi connectivity index (χ3n) is 4.90. The highest BCUT2D eigenvalue weighted by atomic mass is 32.1. The summed E-state index contributed by atoms with van der Waals surface area (Å²) in [6.07, 6.45) is -0.593. The van der Waals surface area contributed by atoms with Crippen LogP contribution in [0.4, 0.5) is 5.69 Å². The molecule has 0 saturated heterocycles. The summed E-state index contributed by atoms with van der Waals surface area (Å²) in [7, 11) is 0. The minimum absolute atomic E-state index is 0.171. The Morgan fingerprint density at radius 3 is 2.17 bits per heavy atom.